The van der Waals surface area contributed by atoms with Gasteiger partial charge >= 0.3 is 12.0 Å². The van der Waals surface area contributed by atoms with Gasteiger partial charge in [-0.1, -0.05) is 13.8 Å². The van der Waals surface area contributed by atoms with Crippen molar-refractivity contribution in [1.29, 1.82) is 0 Å². The quantitative estimate of drug-likeness (QED) is 0.652. The van der Waals surface area contributed by atoms with Crippen LogP contribution >= 0.6 is 0 Å². The number of nitrogens with zero attached hydrogens (tertiary/aromatic N) is 1. The van der Waals surface area contributed by atoms with Gasteiger partial charge in [-0.2, -0.15) is 0 Å². The van der Waals surface area contributed by atoms with Gasteiger partial charge in [-0.3, -0.25) is 4.79 Å². The van der Waals surface area contributed by atoms with Crippen LogP contribution in [0.1, 0.15) is 41.0 Å². The van der Waals surface area contributed by atoms with Gasteiger partial charge in [0.05, 0.1) is 18.6 Å². The summed E-state index contributed by atoms with van der Waals surface area (Å²) in [4.78, 5) is 24.3. The number of amides is 2. The maximum Gasteiger partial charge on any atom is 0.317 e. The number of aliphatic carboxylic acids is 1. The van der Waals surface area contributed by atoms with E-state index in [0.29, 0.717) is 6.54 Å². The van der Waals surface area contributed by atoms with E-state index in [1.54, 1.807) is 13.8 Å². The second-order valence-electron chi connectivity index (χ2n) is 5.72. The Labute approximate surface area is 114 Å². The Morgan fingerprint density at radius 1 is 1.32 bits per heavy atom. The third-order valence-corrected chi connectivity index (χ3v) is 2.75. The second-order valence-corrected chi connectivity index (χ2v) is 5.72. The molecule has 0 saturated carbocycles. The lowest BCUT2D eigenvalue weighted by Crippen LogP contribution is -2.51. The molecule has 0 saturated heterocycles. The third-order valence-electron chi connectivity index (χ3n) is 2.75. The number of carbonyl (C=O) groups excluding carboxylic acids is 1. The van der Waals surface area contributed by atoms with Crippen LogP contribution in [0.4, 0.5) is 4.79 Å². The number of likely N-dealkylation sites (N-methyl/N-ethyl adjacent to an activating group) is 1. The minimum absolute atomic E-state index is 0.0286. The van der Waals surface area contributed by atoms with Crippen LogP contribution in [0, 0.1) is 5.92 Å². The lowest BCUT2D eigenvalue weighted by Gasteiger charge is -2.30. The summed E-state index contributed by atoms with van der Waals surface area (Å²) in [5.74, 6) is -0.912. The molecule has 3 N–H and O–H groups in total. The maximum absolute atomic E-state index is 12.1. The van der Waals surface area contributed by atoms with E-state index in [0.717, 1.165) is 0 Å². The Balaban J connectivity index is 4.64. The number of carboxylic acids is 1. The van der Waals surface area contributed by atoms with Crippen molar-refractivity contribution in [3.8, 4) is 0 Å². The average molecular weight is 274 g/mol. The molecule has 1 unspecified atom stereocenters. The van der Waals surface area contributed by atoms with Gasteiger partial charge in [0.15, 0.2) is 0 Å². The van der Waals surface area contributed by atoms with Gasteiger partial charge in [-0.05, 0) is 26.7 Å². The van der Waals surface area contributed by atoms with Gasteiger partial charge in [-0.15, -0.1) is 0 Å². The lowest BCUT2D eigenvalue weighted by molar-refractivity contribution is -0.137. The van der Waals surface area contributed by atoms with E-state index in [4.69, 9.17) is 5.11 Å². The van der Waals surface area contributed by atoms with E-state index in [9.17, 15) is 14.7 Å². The van der Waals surface area contributed by atoms with Gasteiger partial charge in [0, 0.05) is 12.6 Å². The number of nitrogens with one attached hydrogen (secondary N) is 1. The Bertz CT molecular complexity index is 310. The number of aliphatic hydroxyl groups is 1. The predicted molar refractivity (Wildman–Crippen MR) is 73.0 cm³/mol. The fourth-order valence-electron chi connectivity index (χ4n) is 1.69. The van der Waals surface area contributed by atoms with Crippen molar-refractivity contribution < 1.29 is 19.8 Å². The highest BCUT2D eigenvalue weighted by molar-refractivity contribution is 5.76. The summed E-state index contributed by atoms with van der Waals surface area (Å²) in [6, 6.07) is -0.759. The molecular weight excluding hydrogens is 248 g/mol. The molecule has 0 rings (SSSR count). The van der Waals surface area contributed by atoms with Crippen molar-refractivity contribution in [2.24, 2.45) is 5.92 Å². The van der Waals surface area contributed by atoms with Gasteiger partial charge in [0.25, 0.3) is 0 Å². The number of rotatable bonds is 7. The first-order chi connectivity index (χ1) is 8.56. The molecule has 1 atom stereocenters. The first kappa shape index (κ1) is 17.7. The van der Waals surface area contributed by atoms with Crippen LogP contribution in [0.15, 0.2) is 0 Å². The average Bonchev–Trinajstić information content (AvgIpc) is 2.22. The predicted octanol–water partition coefficient (Wildman–Crippen LogP) is 1.29. The largest absolute Gasteiger partial charge is 0.481 e. The molecule has 6 heteroatoms. The molecule has 19 heavy (non-hydrogen) atoms. The third kappa shape index (κ3) is 7.66. The first-order valence-corrected chi connectivity index (χ1v) is 6.56. The number of carboxylic acid groups (broad SMARTS) is 1. The fraction of sp³-hybridized carbons (Fsp3) is 0.846. The van der Waals surface area contributed by atoms with Crippen molar-refractivity contribution in [2.45, 2.75) is 52.7 Å². The summed E-state index contributed by atoms with van der Waals surface area (Å²) >= 11 is 0. The number of urea groups is 1. The van der Waals surface area contributed by atoms with E-state index in [2.05, 4.69) is 5.32 Å². The molecule has 0 heterocycles. The summed E-state index contributed by atoms with van der Waals surface area (Å²) < 4.78 is 0. The van der Waals surface area contributed by atoms with E-state index in [1.807, 2.05) is 20.8 Å². The van der Waals surface area contributed by atoms with Crippen LogP contribution in [0.2, 0.25) is 0 Å². The number of carbonyl (C=O) groups is 2. The van der Waals surface area contributed by atoms with E-state index in [-0.39, 0.29) is 24.9 Å². The molecule has 0 aliphatic rings. The summed E-state index contributed by atoms with van der Waals surface area (Å²) in [5.41, 5.74) is -0.979. The highest BCUT2D eigenvalue weighted by Crippen LogP contribution is 2.09. The minimum atomic E-state index is -0.979. The van der Waals surface area contributed by atoms with Gasteiger partial charge in [0.1, 0.15) is 0 Å². The van der Waals surface area contributed by atoms with Crippen molar-refractivity contribution in [1.82, 2.24) is 10.2 Å². The topological polar surface area (TPSA) is 89.9 Å². The van der Waals surface area contributed by atoms with Gasteiger partial charge < -0.3 is 20.4 Å². The molecule has 0 aromatic carbocycles. The molecule has 0 aliphatic carbocycles. The zero-order valence-electron chi connectivity index (χ0n) is 12.4. The van der Waals surface area contributed by atoms with Crippen LogP contribution < -0.4 is 5.32 Å². The minimum Gasteiger partial charge on any atom is -0.481 e. The summed E-state index contributed by atoms with van der Waals surface area (Å²) in [6.07, 6.45) is -0.108. The molecule has 112 valence electrons. The standard InChI is InChI=1S/C13H26N2O4/c1-6-15(8-13(4,5)19)12(18)14-10(9(2)3)7-11(16)17/h9-10,19H,6-8H2,1-5H3,(H,14,18)(H,16,17). The van der Waals surface area contributed by atoms with Crippen molar-refractivity contribution >= 4 is 12.0 Å². The summed E-state index contributed by atoms with van der Waals surface area (Å²) in [6.45, 7) is 9.44. The van der Waals surface area contributed by atoms with Crippen LogP contribution in [0.25, 0.3) is 0 Å². The number of hydrogen-bond acceptors (Lipinski definition) is 3. The van der Waals surface area contributed by atoms with Gasteiger partial charge in [-0.25, -0.2) is 4.79 Å². The molecule has 0 aromatic heterocycles. The van der Waals surface area contributed by atoms with E-state index >= 15 is 0 Å². The molecule has 0 spiro atoms. The second kappa shape index (κ2) is 7.33. The molecule has 0 fully saturated rings. The molecule has 0 aliphatic heterocycles. The number of hydrogen-bond donors (Lipinski definition) is 3. The molecule has 2 amide bonds. The Hall–Kier alpha value is -1.30. The summed E-state index contributed by atoms with van der Waals surface area (Å²) in [5, 5.41) is 21.3. The van der Waals surface area contributed by atoms with Crippen LogP contribution in [0.5, 0.6) is 0 Å². The molecular formula is C13H26N2O4. The molecule has 0 aromatic rings. The van der Waals surface area contributed by atoms with E-state index < -0.39 is 17.6 Å². The maximum atomic E-state index is 12.1. The van der Waals surface area contributed by atoms with Crippen LogP contribution in [-0.4, -0.2) is 51.8 Å². The first-order valence-electron chi connectivity index (χ1n) is 6.56. The fourth-order valence-corrected chi connectivity index (χ4v) is 1.69. The molecule has 0 bridgehead atoms. The van der Waals surface area contributed by atoms with Crippen molar-refractivity contribution in [3.63, 3.8) is 0 Å². The lowest BCUT2D eigenvalue weighted by atomic mass is 10.0. The zero-order valence-corrected chi connectivity index (χ0v) is 12.4. The Morgan fingerprint density at radius 2 is 1.84 bits per heavy atom. The van der Waals surface area contributed by atoms with Crippen LogP contribution in [0.3, 0.4) is 0 Å². The molecule has 6 nitrogen and oxygen atoms in total. The van der Waals surface area contributed by atoms with E-state index in [1.165, 1.54) is 4.90 Å². The summed E-state index contributed by atoms with van der Waals surface area (Å²) in [7, 11) is 0. The highest BCUT2D eigenvalue weighted by Gasteiger charge is 2.25. The van der Waals surface area contributed by atoms with Crippen molar-refractivity contribution in [2.75, 3.05) is 13.1 Å². The smallest absolute Gasteiger partial charge is 0.317 e. The van der Waals surface area contributed by atoms with Crippen LogP contribution in [-0.2, 0) is 4.79 Å². The highest BCUT2D eigenvalue weighted by atomic mass is 16.4. The monoisotopic (exact) mass is 274 g/mol. The van der Waals surface area contributed by atoms with Crippen molar-refractivity contribution in [3.05, 3.63) is 0 Å². The van der Waals surface area contributed by atoms with Gasteiger partial charge in [0.2, 0.25) is 0 Å². The zero-order chi connectivity index (χ0) is 15.2. The normalized spacial score (nSPS) is 13.2. The SMILES string of the molecule is CCN(CC(C)(C)O)C(=O)NC(CC(=O)O)C(C)C. The molecule has 0 radical (unpaired) electrons. The Morgan fingerprint density at radius 3 is 2.16 bits per heavy atom. The Kier molecular flexibility index (Phi) is 6.83.